The van der Waals surface area contributed by atoms with E-state index in [2.05, 4.69) is 24.1 Å². The summed E-state index contributed by atoms with van der Waals surface area (Å²) in [5, 5.41) is 3.36. The van der Waals surface area contributed by atoms with Crippen molar-refractivity contribution in [2.75, 3.05) is 29.9 Å². The van der Waals surface area contributed by atoms with E-state index in [9.17, 15) is 4.79 Å². The number of nitrogens with zero attached hydrogens (tertiary/aromatic N) is 2. The fourth-order valence-corrected chi connectivity index (χ4v) is 4.25. The van der Waals surface area contributed by atoms with Gasteiger partial charge in [0.1, 0.15) is 0 Å². The van der Waals surface area contributed by atoms with E-state index in [4.69, 9.17) is 16.5 Å². The summed E-state index contributed by atoms with van der Waals surface area (Å²) in [4.78, 5) is 20.8. The summed E-state index contributed by atoms with van der Waals surface area (Å²) in [7, 11) is 0. The average molecular weight is 488 g/mol. The van der Waals surface area contributed by atoms with E-state index in [0.29, 0.717) is 5.70 Å². The van der Waals surface area contributed by atoms with Crippen LogP contribution < -0.4 is 16.8 Å². The summed E-state index contributed by atoms with van der Waals surface area (Å²) in [6, 6.07) is 7.64. The van der Waals surface area contributed by atoms with Crippen LogP contribution in [-0.2, 0) is 4.79 Å². The lowest BCUT2D eigenvalue weighted by Crippen LogP contribution is -2.33. The molecule has 0 fully saturated rings. The predicted molar refractivity (Wildman–Crippen MR) is 154 cm³/mol. The molecule has 3 rings (SSSR count). The molecular formula is C30H41N5O. The Bertz CT molecular complexity index is 1210. The molecule has 0 spiro atoms. The van der Waals surface area contributed by atoms with Crippen LogP contribution in [0.5, 0.6) is 0 Å². The molecule has 0 aromatic heterocycles. The van der Waals surface area contributed by atoms with Gasteiger partial charge in [-0.3, -0.25) is 4.79 Å². The first-order valence-electron chi connectivity index (χ1n) is 13.0. The van der Waals surface area contributed by atoms with Gasteiger partial charge < -0.3 is 21.7 Å². The number of carbonyl (C=O) groups excluding carboxylic acids is 1. The number of nitrogens with two attached hydrogens (primary N) is 2. The summed E-state index contributed by atoms with van der Waals surface area (Å²) >= 11 is 0. The molecule has 0 atom stereocenters. The molecule has 0 bridgehead atoms. The van der Waals surface area contributed by atoms with Crippen LogP contribution in [0.25, 0.3) is 0 Å². The number of rotatable bonds is 10. The Balaban J connectivity index is 2.10. The lowest BCUT2D eigenvalue weighted by Gasteiger charge is -2.30. The smallest absolute Gasteiger partial charge is 0.204 e. The highest BCUT2D eigenvalue weighted by Crippen LogP contribution is 2.30. The number of unbranched alkanes of at least 4 members (excludes halogenated alkanes) is 2. The van der Waals surface area contributed by atoms with Gasteiger partial charge in [-0.2, -0.15) is 0 Å². The number of ketones is 1. The number of aliphatic imine (C=N–C) groups is 1. The average Bonchev–Trinajstić information content (AvgIpc) is 2.86. The summed E-state index contributed by atoms with van der Waals surface area (Å²) in [6.45, 7) is 14.2. The Morgan fingerprint density at radius 1 is 0.806 bits per heavy atom. The van der Waals surface area contributed by atoms with Crippen molar-refractivity contribution < 1.29 is 4.79 Å². The predicted octanol–water partition coefficient (Wildman–Crippen LogP) is 6.52. The largest absolute Gasteiger partial charge is 0.399 e. The molecule has 0 saturated carbocycles. The van der Waals surface area contributed by atoms with E-state index in [1.165, 1.54) is 0 Å². The van der Waals surface area contributed by atoms with Crippen LogP contribution in [0, 0.1) is 27.7 Å². The number of nitrogen functional groups attached to an aromatic ring is 2. The van der Waals surface area contributed by atoms with Crippen molar-refractivity contribution >= 4 is 34.2 Å². The Hall–Kier alpha value is -3.54. The third-order valence-corrected chi connectivity index (χ3v) is 7.12. The SMILES string of the molecule is CCCCN(CCCC)C1=CC(=O)C(Nc2ccc(N)c(C)c2C)=CC1=Nc1ccc(N)c(C)c1C. The molecule has 0 radical (unpaired) electrons. The first-order chi connectivity index (χ1) is 17.2. The minimum absolute atomic E-state index is 0.0546. The molecule has 0 amide bonds. The van der Waals surface area contributed by atoms with Crippen LogP contribution >= 0.6 is 0 Å². The van der Waals surface area contributed by atoms with Crippen molar-refractivity contribution in [1.29, 1.82) is 0 Å². The van der Waals surface area contributed by atoms with Gasteiger partial charge in [0.2, 0.25) is 5.78 Å². The highest BCUT2D eigenvalue weighted by atomic mass is 16.1. The van der Waals surface area contributed by atoms with Gasteiger partial charge in [-0.15, -0.1) is 0 Å². The van der Waals surface area contributed by atoms with E-state index in [1.54, 1.807) is 6.08 Å². The second-order valence-electron chi connectivity index (χ2n) is 9.64. The summed E-state index contributed by atoms with van der Waals surface area (Å²) in [5.41, 5.74) is 21.7. The maximum atomic E-state index is 13.4. The standard InChI is InChI=1S/C30H41N5O/c1-7-9-15-35(16-10-8-2)29-18-30(36)28(34-26-14-12-24(32)20(4)22(26)6)17-27(29)33-25-13-11-23(31)19(3)21(25)5/h11-14,17-18,34H,7-10,15-16,31-32H2,1-6H3. The molecule has 5 N–H and O–H groups in total. The molecule has 2 aromatic carbocycles. The zero-order chi connectivity index (χ0) is 26.4. The Morgan fingerprint density at radius 3 is 2.00 bits per heavy atom. The van der Waals surface area contributed by atoms with Gasteiger partial charge in [0.25, 0.3) is 0 Å². The molecule has 6 nitrogen and oxygen atoms in total. The molecule has 2 aromatic rings. The number of hydrogen-bond acceptors (Lipinski definition) is 6. The van der Waals surface area contributed by atoms with Crippen LogP contribution in [-0.4, -0.2) is 29.5 Å². The fraction of sp³-hybridized carbons (Fsp3) is 0.400. The minimum atomic E-state index is -0.0546. The maximum absolute atomic E-state index is 13.4. The van der Waals surface area contributed by atoms with Crippen molar-refractivity contribution in [2.45, 2.75) is 67.2 Å². The van der Waals surface area contributed by atoms with Crippen LogP contribution in [0.2, 0.25) is 0 Å². The number of carbonyl (C=O) groups is 1. The molecule has 0 saturated heterocycles. The first-order valence-corrected chi connectivity index (χ1v) is 13.0. The van der Waals surface area contributed by atoms with Crippen molar-refractivity contribution in [3.63, 3.8) is 0 Å². The van der Waals surface area contributed by atoms with E-state index >= 15 is 0 Å². The molecule has 192 valence electrons. The Morgan fingerprint density at radius 2 is 1.39 bits per heavy atom. The number of allylic oxidation sites excluding steroid dienone is 2. The van der Waals surface area contributed by atoms with Gasteiger partial charge in [-0.1, -0.05) is 26.7 Å². The van der Waals surface area contributed by atoms with Gasteiger partial charge >= 0.3 is 0 Å². The first kappa shape index (κ1) is 27.1. The summed E-state index contributed by atoms with van der Waals surface area (Å²) in [6.07, 6.45) is 7.92. The summed E-state index contributed by atoms with van der Waals surface area (Å²) in [5.74, 6) is -0.0546. The zero-order valence-electron chi connectivity index (χ0n) is 22.7. The van der Waals surface area contributed by atoms with E-state index < -0.39 is 0 Å². The second-order valence-corrected chi connectivity index (χ2v) is 9.64. The molecule has 0 heterocycles. The number of hydrogen-bond donors (Lipinski definition) is 3. The van der Waals surface area contributed by atoms with Gasteiger partial charge in [0.05, 0.1) is 22.8 Å². The number of anilines is 3. The van der Waals surface area contributed by atoms with Crippen molar-refractivity contribution in [3.05, 3.63) is 70.1 Å². The molecule has 36 heavy (non-hydrogen) atoms. The normalized spacial score (nSPS) is 14.6. The molecular weight excluding hydrogens is 446 g/mol. The van der Waals surface area contributed by atoms with Gasteiger partial charge in [0.15, 0.2) is 0 Å². The van der Waals surface area contributed by atoms with Crippen molar-refractivity contribution in [2.24, 2.45) is 4.99 Å². The minimum Gasteiger partial charge on any atom is -0.399 e. The van der Waals surface area contributed by atoms with Gasteiger partial charge in [0, 0.05) is 36.2 Å². The Labute approximate surface area is 216 Å². The monoisotopic (exact) mass is 487 g/mol. The quantitative estimate of drug-likeness (QED) is 0.262. The zero-order valence-corrected chi connectivity index (χ0v) is 22.7. The number of nitrogens with one attached hydrogen (secondary N) is 1. The third-order valence-electron chi connectivity index (χ3n) is 7.12. The van der Waals surface area contributed by atoms with Crippen molar-refractivity contribution in [1.82, 2.24) is 4.90 Å². The van der Waals surface area contributed by atoms with Gasteiger partial charge in [-0.25, -0.2) is 4.99 Å². The van der Waals surface area contributed by atoms with Crippen LogP contribution in [0.4, 0.5) is 22.7 Å². The third kappa shape index (κ3) is 5.99. The molecule has 1 aliphatic rings. The Kier molecular flexibility index (Phi) is 8.97. The fourth-order valence-electron chi connectivity index (χ4n) is 4.25. The highest BCUT2D eigenvalue weighted by molar-refractivity contribution is 6.23. The van der Waals surface area contributed by atoms with Crippen LogP contribution in [0.1, 0.15) is 61.8 Å². The highest BCUT2D eigenvalue weighted by Gasteiger charge is 2.24. The molecule has 0 unspecified atom stereocenters. The lowest BCUT2D eigenvalue weighted by molar-refractivity contribution is -0.111. The molecule has 1 aliphatic carbocycles. The maximum Gasteiger partial charge on any atom is 0.204 e. The topological polar surface area (TPSA) is 96.7 Å². The van der Waals surface area contributed by atoms with E-state index in [0.717, 1.165) is 95.2 Å². The second kappa shape index (κ2) is 11.9. The number of benzene rings is 2. The molecule has 0 aliphatic heterocycles. The van der Waals surface area contributed by atoms with E-state index in [1.807, 2.05) is 58.0 Å². The van der Waals surface area contributed by atoms with Crippen LogP contribution in [0.3, 0.4) is 0 Å². The summed E-state index contributed by atoms with van der Waals surface area (Å²) < 4.78 is 0. The van der Waals surface area contributed by atoms with Crippen molar-refractivity contribution in [3.8, 4) is 0 Å². The van der Waals surface area contributed by atoms with Crippen LogP contribution in [0.15, 0.2) is 52.8 Å². The van der Waals surface area contributed by atoms with Gasteiger partial charge in [-0.05, 0) is 93.1 Å². The lowest BCUT2D eigenvalue weighted by atomic mass is 10.0. The van der Waals surface area contributed by atoms with E-state index in [-0.39, 0.29) is 5.78 Å². The molecule has 6 heteroatoms.